The minimum atomic E-state index is 0.481. The highest BCUT2D eigenvalue weighted by atomic mass is 16.5. The van der Waals surface area contributed by atoms with Crippen molar-refractivity contribution >= 4 is 0 Å². The summed E-state index contributed by atoms with van der Waals surface area (Å²) in [5, 5.41) is 3.47. The number of rotatable bonds is 3. The van der Waals surface area contributed by atoms with E-state index < -0.39 is 0 Å². The molecular formula is C14H22N2O. The van der Waals surface area contributed by atoms with Gasteiger partial charge in [-0.3, -0.25) is 4.90 Å². The van der Waals surface area contributed by atoms with E-state index in [2.05, 4.69) is 36.2 Å². The van der Waals surface area contributed by atoms with Crippen LogP contribution in [0.15, 0.2) is 24.3 Å². The number of piperazine rings is 1. The Morgan fingerprint density at radius 1 is 1.29 bits per heavy atom. The van der Waals surface area contributed by atoms with Gasteiger partial charge in [0.25, 0.3) is 0 Å². The normalized spacial score (nSPS) is 21.8. The molecule has 1 aromatic carbocycles. The van der Waals surface area contributed by atoms with Crippen molar-refractivity contribution in [3.8, 4) is 5.75 Å². The Balaban J connectivity index is 2.17. The summed E-state index contributed by atoms with van der Waals surface area (Å²) in [7, 11) is 1.71. The van der Waals surface area contributed by atoms with Crippen LogP contribution >= 0.6 is 0 Å². The summed E-state index contributed by atoms with van der Waals surface area (Å²) in [6, 6.07) is 9.50. The van der Waals surface area contributed by atoms with Crippen molar-refractivity contribution in [1.29, 1.82) is 0 Å². The number of benzene rings is 1. The van der Waals surface area contributed by atoms with E-state index in [1.54, 1.807) is 7.11 Å². The lowest BCUT2D eigenvalue weighted by Gasteiger charge is -2.39. The summed E-state index contributed by atoms with van der Waals surface area (Å²) >= 11 is 0. The third kappa shape index (κ3) is 2.79. The second-order valence-corrected chi connectivity index (χ2v) is 4.82. The summed E-state index contributed by atoms with van der Waals surface area (Å²) in [5.74, 6) is 0.925. The summed E-state index contributed by atoms with van der Waals surface area (Å²) in [5.41, 5.74) is 1.37. The Morgan fingerprint density at radius 2 is 2.00 bits per heavy atom. The zero-order valence-electron chi connectivity index (χ0n) is 10.9. The number of nitrogens with zero attached hydrogens (tertiary/aromatic N) is 1. The van der Waals surface area contributed by atoms with Gasteiger partial charge in [-0.05, 0) is 31.5 Å². The van der Waals surface area contributed by atoms with Gasteiger partial charge in [0, 0.05) is 31.7 Å². The number of methoxy groups -OCH3 is 1. The molecule has 0 spiro atoms. The molecule has 1 unspecified atom stereocenters. The molecule has 0 aliphatic carbocycles. The van der Waals surface area contributed by atoms with Crippen molar-refractivity contribution < 1.29 is 4.74 Å². The fraction of sp³-hybridized carbons (Fsp3) is 0.571. The van der Waals surface area contributed by atoms with Crippen molar-refractivity contribution in [2.75, 3.05) is 26.7 Å². The molecule has 17 heavy (non-hydrogen) atoms. The minimum absolute atomic E-state index is 0.481. The molecule has 1 N–H and O–H groups in total. The van der Waals surface area contributed by atoms with Gasteiger partial charge in [0.15, 0.2) is 0 Å². The van der Waals surface area contributed by atoms with Crippen LogP contribution in [-0.2, 0) is 0 Å². The topological polar surface area (TPSA) is 24.5 Å². The maximum Gasteiger partial charge on any atom is 0.118 e. The molecule has 1 aliphatic heterocycles. The molecule has 1 fully saturated rings. The fourth-order valence-electron chi connectivity index (χ4n) is 2.47. The molecule has 1 saturated heterocycles. The number of nitrogens with one attached hydrogen (secondary N) is 1. The third-order valence-electron chi connectivity index (χ3n) is 3.45. The van der Waals surface area contributed by atoms with Crippen molar-refractivity contribution in [2.45, 2.75) is 25.9 Å². The number of ether oxygens (including phenoxy) is 1. The largest absolute Gasteiger partial charge is 0.497 e. The lowest BCUT2D eigenvalue weighted by atomic mass is 10.0. The van der Waals surface area contributed by atoms with Crippen molar-refractivity contribution in [2.24, 2.45) is 0 Å². The van der Waals surface area contributed by atoms with E-state index >= 15 is 0 Å². The molecule has 94 valence electrons. The predicted octanol–water partition coefficient (Wildman–Crippen LogP) is 2.05. The van der Waals surface area contributed by atoms with Gasteiger partial charge in [-0.25, -0.2) is 0 Å². The van der Waals surface area contributed by atoms with Crippen LogP contribution in [0.3, 0.4) is 0 Å². The maximum absolute atomic E-state index is 5.20. The summed E-state index contributed by atoms with van der Waals surface area (Å²) in [6.45, 7) is 7.77. The Hall–Kier alpha value is -1.06. The van der Waals surface area contributed by atoms with Crippen LogP contribution in [0.4, 0.5) is 0 Å². The first kappa shape index (κ1) is 12.4. The van der Waals surface area contributed by atoms with E-state index in [1.165, 1.54) is 5.56 Å². The van der Waals surface area contributed by atoms with E-state index in [-0.39, 0.29) is 0 Å². The maximum atomic E-state index is 5.20. The third-order valence-corrected chi connectivity index (χ3v) is 3.45. The average molecular weight is 234 g/mol. The van der Waals surface area contributed by atoms with Gasteiger partial charge in [-0.15, -0.1) is 0 Å². The fourth-order valence-corrected chi connectivity index (χ4v) is 2.47. The summed E-state index contributed by atoms with van der Waals surface area (Å²) < 4.78 is 5.20. The highest BCUT2D eigenvalue weighted by Crippen LogP contribution is 2.25. The molecule has 0 radical (unpaired) electrons. The lowest BCUT2D eigenvalue weighted by molar-refractivity contribution is 0.124. The van der Waals surface area contributed by atoms with Gasteiger partial charge in [0.1, 0.15) is 5.75 Å². The van der Waals surface area contributed by atoms with Gasteiger partial charge >= 0.3 is 0 Å². The quantitative estimate of drug-likeness (QED) is 0.866. The minimum Gasteiger partial charge on any atom is -0.497 e. The van der Waals surface area contributed by atoms with Gasteiger partial charge in [0.05, 0.1) is 7.11 Å². The van der Waals surface area contributed by atoms with E-state index in [1.807, 2.05) is 12.1 Å². The molecule has 0 saturated carbocycles. The first-order valence-electron chi connectivity index (χ1n) is 6.33. The van der Waals surface area contributed by atoms with Crippen LogP contribution in [0.5, 0.6) is 5.75 Å². The van der Waals surface area contributed by atoms with Crippen molar-refractivity contribution in [3.63, 3.8) is 0 Å². The standard InChI is InChI=1S/C14H22N2O/c1-11(2)16-9-8-15-10-14(16)12-4-6-13(17-3)7-5-12/h4-7,11,14-15H,8-10H2,1-3H3. The molecule has 2 rings (SSSR count). The second kappa shape index (κ2) is 5.52. The smallest absolute Gasteiger partial charge is 0.118 e. The molecule has 1 aromatic rings. The Bertz CT molecular complexity index is 348. The second-order valence-electron chi connectivity index (χ2n) is 4.82. The summed E-state index contributed by atoms with van der Waals surface area (Å²) in [4.78, 5) is 2.55. The highest BCUT2D eigenvalue weighted by Gasteiger charge is 2.25. The van der Waals surface area contributed by atoms with E-state index in [0.29, 0.717) is 12.1 Å². The molecule has 1 atom stereocenters. The Morgan fingerprint density at radius 3 is 2.59 bits per heavy atom. The van der Waals surface area contributed by atoms with Gasteiger partial charge < -0.3 is 10.1 Å². The van der Waals surface area contributed by atoms with Gasteiger partial charge in [0.2, 0.25) is 0 Å². The molecule has 3 heteroatoms. The predicted molar refractivity (Wildman–Crippen MR) is 70.4 cm³/mol. The molecule has 1 heterocycles. The molecule has 3 nitrogen and oxygen atoms in total. The molecule has 0 bridgehead atoms. The van der Waals surface area contributed by atoms with Crippen LogP contribution in [0.25, 0.3) is 0 Å². The highest BCUT2D eigenvalue weighted by molar-refractivity contribution is 5.29. The zero-order valence-corrected chi connectivity index (χ0v) is 10.9. The molecule has 1 aliphatic rings. The Labute approximate surface area is 104 Å². The zero-order chi connectivity index (χ0) is 12.3. The number of hydrogen-bond acceptors (Lipinski definition) is 3. The monoisotopic (exact) mass is 234 g/mol. The van der Waals surface area contributed by atoms with Crippen LogP contribution in [0.1, 0.15) is 25.5 Å². The van der Waals surface area contributed by atoms with Crippen LogP contribution in [0, 0.1) is 0 Å². The summed E-state index contributed by atoms with van der Waals surface area (Å²) in [6.07, 6.45) is 0. The number of hydrogen-bond donors (Lipinski definition) is 1. The van der Waals surface area contributed by atoms with Crippen LogP contribution in [-0.4, -0.2) is 37.7 Å². The molecule has 0 amide bonds. The SMILES string of the molecule is COc1ccc(C2CNCCN2C(C)C)cc1. The van der Waals surface area contributed by atoms with Crippen LogP contribution < -0.4 is 10.1 Å². The first-order valence-corrected chi connectivity index (χ1v) is 6.33. The van der Waals surface area contributed by atoms with Crippen molar-refractivity contribution in [3.05, 3.63) is 29.8 Å². The van der Waals surface area contributed by atoms with E-state index in [4.69, 9.17) is 4.74 Å². The van der Waals surface area contributed by atoms with Crippen LogP contribution in [0.2, 0.25) is 0 Å². The van der Waals surface area contributed by atoms with Gasteiger partial charge in [-0.1, -0.05) is 12.1 Å². The first-order chi connectivity index (χ1) is 8.22. The van der Waals surface area contributed by atoms with Gasteiger partial charge in [-0.2, -0.15) is 0 Å². The average Bonchev–Trinajstić information content (AvgIpc) is 2.39. The Kier molecular flexibility index (Phi) is 4.02. The van der Waals surface area contributed by atoms with Crippen molar-refractivity contribution in [1.82, 2.24) is 10.2 Å². The van der Waals surface area contributed by atoms with E-state index in [0.717, 1.165) is 25.4 Å². The lowest BCUT2D eigenvalue weighted by Crippen LogP contribution is -2.48. The van der Waals surface area contributed by atoms with E-state index in [9.17, 15) is 0 Å². The molecule has 0 aromatic heterocycles. The molecular weight excluding hydrogens is 212 g/mol.